The second-order valence-electron chi connectivity index (χ2n) is 6.52. The van der Waals surface area contributed by atoms with Crippen molar-refractivity contribution >= 4 is 22.9 Å². The fraction of sp³-hybridized carbons (Fsp3) is 0.0909. The molecule has 0 spiro atoms. The summed E-state index contributed by atoms with van der Waals surface area (Å²) >= 11 is 1.45. The van der Waals surface area contributed by atoms with Crippen molar-refractivity contribution in [3.05, 3.63) is 83.4 Å². The molecule has 0 unspecified atom stereocenters. The first-order chi connectivity index (χ1) is 14.1. The lowest BCUT2D eigenvalue weighted by molar-refractivity contribution is 0.235. The van der Waals surface area contributed by atoms with Crippen LogP contribution in [0.5, 0.6) is 0 Å². The van der Waals surface area contributed by atoms with E-state index in [1.165, 1.54) is 11.3 Å². The summed E-state index contributed by atoms with van der Waals surface area (Å²) in [6, 6.07) is 16.3. The zero-order valence-corrected chi connectivity index (χ0v) is 16.7. The Morgan fingerprint density at radius 1 is 1.17 bits per heavy atom. The van der Waals surface area contributed by atoms with Gasteiger partial charge in [0, 0.05) is 23.1 Å². The number of nitrogens with one attached hydrogen (secondary N) is 1. The molecular weight excluding hydrogens is 387 g/mol. The minimum Gasteiger partial charge on any atom is -0.331 e. The maximum atomic E-state index is 15.1. The third-order valence-electron chi connectivity index (χ3n) is 4.75. The molecule has 2 aromatic carbocycles. The van der Waals surface area contributed by atoms with E-state index in [-0.39, 0.29) is 11.4 Å². The van der Waals surface area contributed by atoms with Gasteiger partial charge in [-0.2, -0.15) is 0 Å². The highest BCUT2D eigenvalue weighted by atomic mass is 32.1. The summed E-state index contributed by atoms with van der Waals surface area (Å²) in [5.74, 6) is 0.506. The number of hydrogen-bond acceptors (Lipinski definition) is 4. The van der Waals surface area contributed by atoms with E-state index in [1.54, 1.807) is 30.5 Å². The van der Waals surface area contributed by atoms with Gasteiger partial charge in [-0.25, -0.2) is 14.4 Å². The summed E-state index contributed by atoms with van der Waals surface area (Å²) in [6.45, 7) is 1.93. The summed E-state index contributed by atoms with van der Waals surface area (Å²) in [7, 11) is 1.94. The van der Waals surface area contributed by atoms with Crippen LogP contribution in [0.25, 0.3) is 21.7 Å². The number of rotatable bonds is 4. The number of amidine groups is 1. The predicted molar refractivity (Wildman–Crippen MR) is 114 cm³/mol. The Hall–Kier alpha value is -3.29. The lowest BCUT2D eigenvalue weighted by Gasteiger charge is -2.10. The molecular formula is C22H19FN4OS. The lowest BCUT2D eigenvalue weighted by atomic mass is 10.1. The van der Waals surface area contributed by atoms with Crippen LogP contribution in [0.2, 0.25) is 0 Å². The van der Waals surface area contributed by atoms with Crippen molar-refractivity contribution in [2.45, 2.75) is 6.92 Å². The van der Waals surface area contributed by atoms with Crippen molar-refractivity contribution in [2.75, 3.05) is 0 Å². The van der Waals surface area contributed by atoms with Gasteiger partial charge in [0.25, 0.3) is 0 Å². The number of aryl methyl sites for hydroxylation is 1. The molecule has 4 rings (SSSR count). The standard InChI is InChI=1S/C22H19FN4OS/c1-14-24-13-19(27(14)2)15-6-3-7-16(12-15)25-22(26-28)18-9-4-8-17(21(18)23)20-10-5-11-29-20/h3-13,28H,1-2H3,(H,25,26). The number of thiophene rings is 1. The number of imidazole rings is 1. The van der Waals surface area contributed by atoms with Gasteiger partial charge in [-0.15, -0.1) is 11.3 Å². The first kappa shape index (κ1) is 19.0. The molecule has 2 aromatic heterocycles. The SMILES string of the molecule is Cc1ncc(-c2cccc(N=C(NO)c3cccc(-c4cccs4)c3F)c2)n1C. The van der Waals surface area contributed by atoms with Gasteiger partial charge in [0.15, 0.2) is 5.84 Å². The maximum absolute atomic E-state index is 15.1. The summed E-state index contributed by atoms with van der Waals surface area (Å²) < 4.78 is 17.1. The minimum absolute atomic E-state index is 0.0410. The molecule has 29 heavy (non-hydrogen) atoms. The van der Waals surface area contributed by atoms with Crippen molar-refractivity contribution in [1.29, 1.82) is 0 Å². The van der Waals surface area contributed by atoms with Crippen molar-refractivity contribution in [3.8, 4) is 21.7 Å². The Bertz CT molecular complexity index is 1180. The molecule has 0 amide bonds. The normalized spacial score (nSPS) is 11.7. The first-order valence-electron chi connectivity index (χ1n) is 8.99. The molecule has 5 nitrogen and oxygen atoms in total. The number of benzene rings is 2. The molecule has 2 heterocycles. The number of hydroxylamine groups is 1. The van der Waals surface area contributed by atoms with Crippen LogP contribution in [0.1, 0.15) is 11.4 Å². The molecule has 0 saturated carbocycles. The monoisotopic (exact) mass is 406 g/mol. The number of aliphatic imine (C=N–C) groups is 1. The fourth-order valence-electron chi connectivity index (χ4n) is 3.12. The van der Waals surface area contributed by atoms with E-state index < -0.39 is 5.82 Å². The third-order valence-corrected chi connectivity index (χ3v) is 5.65. The Labute approximate surface area is 171 Å². The summed E-state index contributed by atoms with van der Waals surface area (Å²) in [4.78, 5) is 9.58. The molecule has 0 bridgehead atoms. The predicted octanol–water partition coefficient (Wildman–Crippen LogP) is 5.32. The third kappa shape index (κ3) is 3.70. The molecule has 0 saturated heterocycles. The Balaban J connectivity index is 1.75. The zero-order valence-electron chi connectivity index (χ0n) is 15.9. The van der Waals surface area contributed by atoms with Crippen LogP contribution in [0.3, 0.4) is 0 Å². The van der Waals surface area contributed by atoms with Gasteiger partial charge in [0.05, 0.1) is 23.1 Å². The topological polar surface area (TPSA) is 62.4 Å². The molecule has 0 fully saturated rings. The molecule has 0 radical (unpaired) electrons. The van der Waals surface area contributed by atoms with Crippen molar-refractivity contribution in [2.24, 2.45) is 12.0 Å². The van der Waals surface area contributed by atoms with Gasteiger partial charge < -0.3 is 4.57 Å². The molecule has 4 aromatic rings. The maximum Gasteiger partial charge on any atom is 0.160 e. The largest absolute Gasteiger partial charge is 0.331 e. The van der Waals surface area contributed by atoms with Crippen LogP contribution in [0.4, 0.5) is 10.1 Å². The van der Waals surface area contributed by atoms with Gasteiger partial charge in [-0.3, -0.25) is 10.7 Å². The lowest BCUT2D eigenvalue weighted by Crippen LogP contribution is -2.21. The molecule has 0 aliphatic heterocycles. The van der Waals surface area contributed by atoms with E-state index in [9.17, 15) is 5.21 Å². The summed E-state index contributed by atoms with van der Waals surface area (Å²) in [6.07, 6.45) is 1.80. The van der Waals surface area contributed by atoms with Crippen molar-refractivity contribution < 1.29 is 9.60 Å². The molecule has 7 heteroatoms. The Kier molecular flexibility index (Phi) is 5.24. The average Bonchev–Trinajstić information content (AvgIpc) is 3.38. The molecule has 2 N–H and O–H groups in total. The van der Waals surface area contributed by atoms with Gasteiger partial charge >= 0.3 is 0 Å². The number of nitrogens with zero attached hydrogens (tertiary/aromatic N) is 3. The van der Waals surface area contributed by atoms with Crippen molar-refractivity contribution in [1.82, 2.24) is 15.0 Å². The Morgan fingerprint density at radius 3 is 2.69 bits per heavy atom. The first-order valence-corrected chi connectivity index (χ1v) is 9.86. The summed E-state index contributed by atoms with van der Waals surface area (Å²) in [5.41, 5.74) is 5.18. The highest BCUT2D eigenvalue weighted by Gasteiger charge is 2.15. The van der Waals surface area contributed by atoms with Crippen LogP contribution in [0, 0.1) is 12.7 Å². The van der Waals surface area contributed by atoms with E-state index >= 15 is 4.39 Å². The fourth-order valence-corrected chi connectivity index (χ4v) is 3.86. The average molecular weight is 406 g/mol. The van der Waals surface area contributed by atoms with Crippen LogP contribution >= 0.6 is 11.3 Å². The molecule has 0 aliphatic carbocycles. The molecule has 0 atom stereocenters. The highest BCUT2D eigenvalue weighted by molar-refractivity contribution is 7.13. The quantitative estimate of drug-likeness (QED) is 0.274. The number of hydrogen-bond donors (Lipinski definition) is 2. The van der Waals surface area contributed by atoms with E-state index in [0.29, 0.717) is 11.3 Å². The van der Waals surface area contributed by atoms with Crippen LogP contribution < -0.4 is 5.48 Å². The van der Waals surface area contributed by atoms with E-state index in [4.69, 9.17) is 0 Å². The van der Waals surface area contributed by atoms with Crippen LogP contribution in [0.15, 0.2) is 71.2 Å². The van der Waals surface area contributed by atoms with Gasteiger partial charge in [-0.1, -0.05) is 30.3 Å². The van der Waals surface area contributed by atoms with Crippen LogP contribution in [-0.4, -0.2) is 20.6 Å². The second kappa shape index (κ2) is 7.98. The highest BCUT2D eigenvalue weighted by Crippen LogP contribution is 2.30. The van der Waals surface area contributed by atoms with Crippen LogP contribution in [-0.2, 0) is 7.05 Å². The molecule has 146 valence electrons. The van der Waals surface area contributed by atoms with Gasteiger partial charge in [-0.05, 0) is 36.6 Å². The van der Waals surface area contributed by atoms with Gasteiger partial charge in [0.2, 0.25) is 0 Å². The minimum atomic E-state index is -0.436. The van der Waals surface area contributed by atoms with Gasteiger partial charge in [0.1, 0.15) is 11.6 Å². The van der Waals surface area contributed by atoms with E-state index in [1.807, 2.05) is 54.3 Å². The smallest absolute Gasteiger partial charge is 0.160 e. The number of halogens is 1. The Morgan fingerprint density at radius 2 is 2.00 bits per heavy atom. The van der Waals surface area contributed by atoms with Crippen molar-refractivity contribution in [3.63, 3.8) is 0 Å². The second-order valence-corrected chi connectivity index (χ2v) is 7.46. The summed E-state index contributed by atoms with van der Waals surface area (Å²) in [5, 5.41) is 11.6. The van der Waals surface area contributed by atoms with E-state index in [2.05, 4.69) is 15.5 Å². The molecule has 0 aliphatic rings. The zero-order chi connectivity index (χ0) is 20.4. The van der Waals surface area contributed by atoms with E-state index in [0.717, 1.165) is 22.0 Å². The number of aromatic nitrogens is 2.